The first-order valence-corrected chi connectivity index (χ1v) is 11.9. The van der Waals surface area contributed by atoms with Crippen molar-refractivity contribution in [3.05, 3.63) is 45.1 Å². The summed E-state index contributed by atoms with van der Waals surface area (Å²) in [6, 6.07) is 7.32. The molecule has 0 radical (unpaired) electrons. The Morgan fingerprint density at radius 1 is 1.21 bits per heavy atom. The first kappa shape index (κ1) is 21.3. The highest BCUT2D eigenvalue weighted by Gasteiger charge is 2.38. The summed E-state index contributed by atoms with van der Waals surface area (Å²) in [4.78, 5) is 2.35. The van der Waals surface area contributed by atoms with Crippen molar-refractivity contribution >= 4 is 21.4 Å². The molecule has 1 aromatic carbocycles. The first-order chi connectivity index (χ1) is 13.2. The number of nitrogens with one attached hydrogen (secondary N) is 1. The highest BCUT2D eigenvalue weighted by molar-refractivity contribution is 7.89. The Balaban J connectivity index is 1.85. The standard InChI is InChI=1S/C21H29NO4S2/c1-14-11-17(12-15(2)20(14)26-4)28(24,25)22-13-21(9-5-6-10-21)19-8-7-18(27-19)16(3)23/h7-8,11-12,16,22-23H,5-6,9-10,13H2,1-4H3. The van der Waals surface area contributed by atoms with E-state index >= 15 is 0 Å². The van der Waals surface area contributed by atoms with Crippen molar-refractivity contribution < 1.29 is 18.3 Å². The third-order valence-corrected chi connectivity index (χ3v) is 8.55. The summed E-state index contributed by atoms with van der Waals surface area (Å²) in [5.41, 5.74) is 1.41. The zero-order valence-electron chi connectivity index (χ0n) is 16.9. The molecule has 1 heterocycles. The van der Waals surface area contributed by atoms with Gasteiger partial charge in [0.25, 0.3) is 0 Å². The van der Waals surface area contributed by atoms with E-state index in [0.29, 0.717) is 6.54 Å². The number of thiophene rings is 1. The predicted molar refractivity (Wildman–Crippen MR) is 113 cm³/mol. The minimum atomic E-state index is -3.62. The number of sulfonamides is 1. The van der Waals surface area contributed by atoms with E-state index in [2.05, 4.69) is 4.72 Å². The van der Waals surface area contributed by atoms with Crippen molar-refractivity contribution in [3.8, 4) is 5.75 Å². The van der Waals surface area contributed by atoms with Gasteiger partial charge in [-0.1, -0.05) is 12.8 Å². The molecule has 1 aliphatic rings. The van der Waals surface area contributed by atoms with E-state index in [9.17, 15) is 13.5 Å². The van der Waals surface area contributed by atoms with Gasteiger partial charge in [0.05, 0.1) is 18.1 Å². The third-order valence-electron chi connectivity index (χ3n) is 5.67. The van der Waals surface area contributed by atoms with Crippen molar-refractivity contribution in [1.29, 1.82) is 0 Å². The van der Waals surface area contributed by atoms with Gasteiger partial charge in [-0.25, -0.2) is 13.1 Å². The Hall–Kier alpha value is -1.41. The number of rotatable bonds is 7. The number of benzene rings is 1. The van der Waals surface area contributed by atoms with E-state index in [4.69, 9.17) is 4.74 Å². The van der Waals surface area contributed by atoms with Crippen LogP contribution in [0.4, 0.5) is 0 Å². The maximum atomic E-state index is 13.0. The van der Waals surface area contributed by atoms with E-state index in [0.717, 1.165) is 52.3 Å². The third kappa shape index (κ3) is 4.13. The molecule has 1 fully saturated rings. The van der Waals surface area contributed by atoms with Crippen LogP contribution in [0.5, 0.6) is 5.75 Å². The lowest BCUT2D eigenvalue weighted by Crippen LogP contribution is -2.38. The Kier molecular flexibility index (Phi) is 6.20. The van der Waals surface area contributed by atoms with Crippen molar-refractivity contribution in [2.24, 2.45) is 0 Å². The number of aliphatic hydroxyl groups is 1. The van der Waals surface area contributed by atoms with Gasteiger partial charge in [-0.05, 0) is 69.0 Å². The summed E-state index contributed by atoms with van der Waals surface area (Å²) in [6.07, 6.45) is 3.58. The topological polar surface area (TPSA) is 75.6 Å². The molecule has 0 amide bonds. The van der Waals surface area contributed by atoms with Crippen LogP contribution in [-0.4, -0.2) is 27.2 Å². The molecule has 1 saturated carbocycles. The molecule has 7 heteroatoms. The van der Waals surface area contributed by atoms with Gasteiger partial charge in [-0.3, -0.25) is 0 Å². The van der Waals surface area contributed by atoms with Crippen LogP contribution in [0.1, 0.15) is 59.6 Å². The molecule has 2 N–H and O–H groups in total. The van der Waals surface area contributed by atoms with E-state index in [1.165, 1.54) is 0 Å². The van der Waals surface area contributed by atoms with Crippen LogP contribution in [0, 0.1) is 13.8 Å². The molecular weight excluding hydrogens is 394 g/mol. The molecule has 3 rings (SSSR count). The average molecular weight is 424 g/mol. The normalized spacial score (nSPS) is 17.6. The molecule has 5 nitrogen and oxygen atoms in total. The number of hydrogen-bond acceptors (Lipinski definition) is 5. The zero-order chi connectivity index (χ0) is 20.5. The first-order valence-electron chi connectivity index (χ1n) is 9.62. The molecule has 0 aliphatic heterocycles. The van der Waals surface area contributed by atoms with Gasteiger partial charge in [0.1, 0.15) is 5.75 Å². The molecular formula is C21H29NO4S2. The summed E-state index contributed by atoms with van der Waals surface area (Å²) in [7, 11) is -2.03. The van der Waals surface area contributed by atoms with E-state index < -0.39 is 16.1 Å². The van der Waals surface area contributed by atoms with Crippen LogP contribution in [-0.2, 0) is 15.4 Å². The highest BCUT2D eigenvalue weighted by Crippen LogP contribution is 2.44. The maximum Gasteiger partial charge on any atom is 0.240 e. The molecule has 0 saturated heterocycles. The van der Waals surface area contributed by atoms with Gasteiger partial charge < -0.3 is 9.84 Å². The van der Waals surface area contributed by atoms with E-state index in [1.807, 2.05) is 26.0 Å². The molecule has 0 spiro atoms. The lowest BCUT2D eigenvalue weighted by molar-refractivity contribution is 0.203. The van der Waals surface area contributed by atoms with Crippen molar-refractivity contribution in [1.82, 2.24) is 4.72 Å². The van der Waals surface area contributed by atoms with Crippen LogP contribution in [0.25, 0.3) is 0 Å². The van der Waals surface area contributed by atoms with Crippen molar-refractivity contribution in [3.63, 3.8) is 0 Å². The fourth-order valence-electron chi connectivity index (χ4n) is 4.13. The Labute approximate surface area is 171 Å². The number of aliphatic hydroxyl groups excluding tert-OH is 1. The minimum Gasteiger partial charge on any atom is -0.496 e. The minimum absolute atomic E-state index is 0.193. The zero-order valence-corrected chi connectivity index (χ0v) is 18.5. The summed E-state index contributed by atoms with van der Waals surface area (Å²) < 4.78 is 34.2. The fraction of sp³-hybridized carbons (Fsp3) is 0.524. The summed E-state index contributed by atoms with van der Waals surface area (Å²) >= 11 is 1.59. The number of ether oxygens (including phenoxy) is 1. The largest absolute Gasteiger partial charge is 0.496 e. The number of methoxy groups -OCH3 is 1. The van der Waals surface area contributed by atoms with E-state index in [1.54, 1.807) is 37.5 Å². The van der Waals surface area contributed by atoms with Gasteiger partial charge in [0, 0.05) is 21.7 Å². The number of aryl methyl sites for hydroxylation is 2. The summed E-state index contributed by atoms with van der Waals surface area (Å²) in [6.45, 7) is 5.84. The van der Waals surface area contributed by atoms with Gasteiger partial charge in [0.2, 0.25) is 10.0 Å². The monoisotopic (exact) mass is 423 g/mol. The number of hydrogen-bond donors (Lipinski definition) is 2. The second-order valence-corrected chi connectivity index (χ2v) is 10.7. The Morgan fingerprint density at radius 2 is 1.82 bits per heavy atom. The molecule has 1 atom stereocenters. The molecule has 1 aliphatic carbocycles. The average Bonchev–Trinajstić information content (AvgIpc) is 3.30. The maximum absolute atomic E-state index is 13.0. The predicted octanol–water partition coefficient (Wildman–Crippen LogP) is 4.22. The molecule has 154 valence electrons. The summed E-state index contributed by atoms with van der Waals surface area (Å²) in [5, 5.41) is 9.86. The quantitative estimate of drug-likeness (QED) is 0.699. The van der Waals surface area contributed by atoms with Gasteiger partial charge >= 0.3 is 0 Å². The van der Waals surface area contributed by atoms with Crippen LogP contribution in [0.2, 0.25) is 0 Å². The van der Waals surface area contributed by atoms with Crippen LogP contribution >= 0.6 is 11.3 Å². The van der Waals surface area contributed by atoms with Gasteiger partial charge in [-0.2, -0.15) is 0 Å². The van der Waals surface area contributed by atoms with Crippen molar-refractivity contribution in [2.45, 2.75) is 62.9 Å². The lowest BCUT2D eigenvalue weighted by atomic mass is 9.85. The lowest BCUT2D eigenvalue weighted by Gasteiger charge is -2.28. The van der Waals surface area contributed by atoms with Crippen LogP contribution in [0.3, 0.4) is 0 Å². The summed E-state index contributed by atoms with van der Waals surface area (Å²) in [5.74, 6) is 0.718. The van der Waals surface area contributed by atoms with Gasteiger partial charge in [-0.15, -0.1) is 11.3 Å². The molecule has 1 unspecified atom stereocenters. The van der Waals surface area contributed by atoms with E-state index in [-0.39, 0.29) is 10.3 Å². The molecule has 28 heavy (non-hydrogen) atoms. The second kappa shape index (κ2) is 8.14. The SMILES string of the molecule is COc1c(C)cc(S(=O)(=O)NCC2(c3ccc(C(C)O)s3)CCCC2)cc1C. The molecule has 0 bridgehead atoms. The second-order valence-electron chi connectivity index (χ2n) is 7.78. The molecule has 1 aromatic heterocycles. The Morgan fingerprint density at radius 3 is 2.32 bits per heavy atom. The van der Waals surface area contributed by atoms with Crippen LogP contribution < -0.4 is 9.46 Å². The Bertz CT molecular complexity index is 918. The fourth-order valence-corrected chi connectivity index (χ4v) is 6.61. The molecule has 2 aromatic rings. The van der Waals surface area contributed by atoms with Crippen LogP contribution in [0.15, 0.2) is 29.2 Å². The van der Waals surface area contributed by atoms with Crippen molar-refractivity contribution in [2.75, 3.05) is 13.7 Å². The highest BCUT2D eigenvalue weighted by atomic mass is 32.2. The smallest absolute Gasteiger partial charge is 0.240 e. The van der Waals surface area contributed by atoms with Gasteiger partial charge in [0.15, 0.2) is 0 Å².